The molecule has 2 heterocycles. The summed E-state index contributed by atoms with van der Waals surface area (Å²) in [5.74, 6) is 0. The highest BCUT2D eigenvalue weighted by atomic mass is 16.5. The molecule has 2 bridgehead atoms. The van der Waals surface area contributed by atoms with E-state index >= 15 is 0 Å². The zero-order valence-corrected chi connectivity index (χ0v) is 4.86. The van der Waals surface area contributed by atoms with Crippen molar-refractivity contribution in [1.29, 1.82) is 0 Å². The fourth-order valence-corrected chi connectivity index (χ4v) is 1.07. The molecule has 1 N–H and O–H groups in total. The summed E-state index contributed by atoms with van der Waals surface area (Å²) in [4.78, 5) is 0. The van der Waals surface area contributed by atoms with Gasteiger partial charge in [-0.1, -0.05) is 18.2 Å². The minimum Gasteiger partial charge on any atom is -0.288 e. The number of hydrogen-bond donors (Lipinski definition) is 1. The van der Waals surface area contributed by atoms with E-state index in [-0.39, 0.29) is 6.04 Å². The fourth-order valence-electron chi connectivity index (χ4n) is 1.07. The number of rotatable bonds is 0. The Hall–Kier alpha value is -1.02. The molecule has 0 amide bonds. The van der Waals surface area contributed by atoms with E-state index in [1.165, 1.54) is 5.06 Å². The van der Waals surface area contributed by atoms with Crippen LogP contribution in [0, 0.1) is 0 Å². The van der Waals surface area contributed by atoms with Gasteiger partial charge in [-0.3, -0.25) is 5.21 Å². The third kappa shape index (κ3) is 0.535. The monoisotopic (exact) mass is 121 g/mol. The first kappa shape index (κ1) is 4.82. The highest BCUT2D eigenvalue weighted by Gasteiger charge is 2.19. The molecule has 1 atom stereocenters. The zero-order valence-electron chi connectivity index (χ0n) is 4.86. The van der Waals surface area contributed by atoms with Crippen LogP contribution in [0.2, 0.25) is 0 Å². The molecule has 1 unspecified atom stereocenters. The highest BCUT2D eigenvalue weighted by Crippen LogP contribution is 2.21. The predicted molar refractivity (Wildman–Crippen MR) is 33.8 cm³/mol. The van der Waals surface area contributed by atoms with Crippen molar-refractivity contribution in [3.05, 3.63) is 36.1 Å². The normalized spacial score (nSPS) is 29.2. The van der Waals surface area contributed by atoms with Gasteiger partial charge in [-0.05, 0) is 12.2 Å². The van der Waals surface area contributed by atoms with E-state index in [1.807, 2.05) is 30.4 Å². The Bertz CT molecular complexity index is 213. The van der Waals surface area contributed by atoms with Gasteiger partial charge in [-0.15, -0.1) is 0 Å². The van der Waals surface area contributed by atoms with Crippen molar-refractivity contribution in [1.82, 2.24) is 5.06 Å². The van der Waals surface area contributed by atoms with Crippen LogP contribution >= 0.6 is 0 Å². The van der Waals surface area contributed by atoms with Gasteiger partial charge in [0.15, 0.2) is 0 Å². The van der Waals surface area contributed by atoms with Gasteiger partial charge in [0.1, 0.15) is 0 Å². The average molecular weight is 121 g/mol. The second kappa shape index (κ2) is 1.48. The lowest BCUT2D eigenvalue weighted by Gasteiger charge is -2.19. The van der Waals surface area contributed by atoms with Crippen LogP contribution in [0.4, 0.5) is 0 Å². The number of hydroxylamine groups is 2. The summed E-state index contributed by atoms with van der Waals surface area (Å²) in [5.41, 5.74) is 0.877. The number of hydrogen-bond acceptors (Lipinski definition) is 2. The molecule has 2 rings (SSSR count). The molecular weight excluding hydrogens is 114 g/mol. The minimum absolute atomic E-state index is 0.0880. The van der Waals surface area contributed by atoms with Crippen LogP contribution in [0.3, 0.4) is 0 Å². The fraction of sp³-hybridized carbons (Fsp3) is 0.143. The first-order chi connectivity index (χ1) is 4.38. The average Bonchev–Trinajstić information content (AvgIpc) is 2.19. The van der Waals surface area contributed by atoms with Crippen molar-refractivity contribution in [3.8, 4) is 0 Å². The van der Waals surface area contributed by atoms with Crippen LogP contribution in [-0.2, 0) is 0 Å². The van der Waals surface area contributed by atoms with Gasteiger partial charge in [0.25, 0.3) is 0 Å². The van der Waals surface area contributed by atoms with E-state index in [0.29, 0.717) is 0 Å². The first-order valence-corrected chi connectivity index (χ1v) is 2.93. The van der Waals surface area contributed by atoms with Crippen molar-refractivity contribution in [2.45, 2.75) is 6.04 Å². The third-order valence-electron chi connectivity index (χ3n) is 1.59. The zero-order chi connectivity index (χ0) is 6.27. The molecule has 0 saturated heterocycles. The molecule has 2 nitrogen and oxygen atoms in total. The highest BCUT2D eigenvalue weighted by molar-refractivity contribution is 5.36. The minimum atomic E-state index is 0.0880. The Morgan fingerprint density at radius 3 is 3.00 bits per heavy atom. The number of nitrogens with zero attached hydrogens (tertiary/aromatic N) is 1. The van der Waals surface area contributed by atoms with Gasteiger partial charge in [0.2, 0.25) is 0 Å². The molecule has 0 aromatic carbocycles. The maximum Gasteiger partial charge on any atom is 0.0931 e. The lowest BCUT2D eigenvalue weighted by molar-refractivity contribution is -0.0563. The van der Waals surface area contributed by atoms with Crippen LogP contribution in [-0.4, -0.2) is 16.3 Å². The Morgan fingerprint density at radius 2 is 2.33 bits per heavy atom. The molecule has 0 aromatic heterocycles. The summed E-state index contributed by atoms with van der Waals surface area (Å²) in [6.07, 6.45) is 9.62. The summed E-state index contributed by atoms with van der Waals surface area (Å²) in [5, 5.41) is 10.4. The standard InChI is InChI=1S/C7H7NO/c9-8-6-2-1-3-7(8)5-4-6/h1-6,9H. The van der Waals surface area contributed by atoms with E-state index in [1.54, 1.807) is 0 Å². The number of fused-ring (bicyclic) bond motifs is 2. The smallest absolute Gasteiger partial charge is 0.0931 e. The van der Waals surface area contributed by atoms with Gasteiger partial charge >= 0.3 is 0 Å². The molecule has 0 radical (unpaired) electrons. The Morgan fingerprint density at radius 1 is 1.44 bits per heavy atom. The molecule has 2 aliphatic rings. The number of allylic oxidation sites excluding steroid dienone is 3. The molecule has 46 valence electrons. The second-order valence-corrected chi connectivity index (χ2v) is 2.17. The molecule has 0 fully saturated rings. The van der Waals surface area contributed by atoms with E-state index in [2.05, 4.69) is 0 Å². The Labute approximate surface area is 53.4 Å². The lowest BCUT2D eigenvalue weighted by Crippen LogP contribution is -2.24. The molecule has 2 aliphatic heterocycles. The molecule has 0 aliphatic carbocycles. The summed E-state index contributed by atoms with van der Waals surface area (Å²) < 4.78 is 0. The summed E-state index contributed by atoms with van der Waals surface area (Å²) in [6, 6.07) is 0.0880. The van der Waals surface area contributed by atoms with Crippen LogP contribution in [0.1, 0.15) is 0 Å². The predicted octanol–water partition coefficient (Wildman–Crippen LogP) is 1.07. The molecular formula is C7H7NO. The first-order valence-electron chi connectivity index (χ1n) is 2.93. The third-order valence-corrected chi connectivity index (χ3v) is 1.59. The van der Waals surface area contributed by atoms with Crippen LogP contribution in [0.5, 0.6) is 0 Å². The maximum atomic E-state index is 9.16. The summed E-state index contributed by atoms with van der Waals surface area (Å²) in [7, 11) is 0. The molecule has 0 spiro atoms. The van der Waals surface area contributed by atoms with E-state index < -0.39 is 0 Å². The van der Waals surface area contributed by atoms with Crippen LogP contribution < -0.4 is 0 Å². The van der Waals surface area contributed by atoms with Gasteiger partial charge < -0.3 is 0 Å². The SMILES string of the molecule is ON1C2=CC=CC1C=C2. The van der Waals surface area contributed by atoms with Gasteiger partial charge in [0, 0.05) is 0 Å². The van der Waals surface area contributed by atoms with Crippen molar-refractivity contribution < 1.29 is 5.21 Å². The molecule has 0 aromatic rings. The molecule has 0 saturated carbocycles. The van der Waals surface area contributed by atoms with Gasteiger partial charge in [-0.2, -0.15) is 0 Å². The van der Waals surface area contributed by atoms with Crippen molar-refractivity contribution in [2.75, 3.05) is 0 Å². The maximum absolute atomic E-state index is 9.16. The van der Waals surface area contributed by atoms with Crippen LogP contribution in [0.25, 0.3) is 0 Å². The van der Waals surface area contributed by atoms with Gasteiger partial charge in [0.05, 0.1) is 11.7 Å². The van der Waals surface area contributed by atoms with Gasteiger partial charge in [-0.25, -0.2) is 5.06 Å². The molecule has 2 heteroatoms. The lowest BCUT2D eigenvalue weighted by atomic mass is 10.2. The Balaban J connectivity index is 2.45. The van der Waals surface area contributed by atoms with E-state index in [4.69, 9.17) is 5.21 Å². The van der Waals surface area contributed by atoms with E-state index in [9.17, 15) is 0 Å². The second-order valence-electron chi connectivity index (χ2n) is 2.17. The quantitative estimate of drug-likeness (QED) is 0.518. The van der Waals surface area contributed by atoms with E-state index in [0.717, 1.165) is 5.70 Å². The Kier molecular flexibility index (Phi) is 0.794. The van der Waals surface area contributed by atoms with Crippen molar-refractivity contribution >= 4 is 0 Å². The van der Waals surface area contributed by atoms with Crippen LogP contribution in [0.15, 0.2) is 36.1 Å². The topological polar surface area (TPSA) is 23.5 Å². The molecule has 9 heavy (non-hydrogen) atoms. The summed E-state index contributed by atoms with van der Waals surface area (Å²) in [6.45, 7) is 0. The van der Waals surface area contributed by atoms with Crippen molar-refractivity contribution in [3.63, 3.8) is 0 Å². The van der Waals surface area contributed by atoms with Crippen molar-refractivity contribution in [2.24, 2.45) is 0 Å². The summed E-state index contributed by atoms with van der Waals surface area (Å²) >= 11 is 0. The largest absolute Gasteiger partial charge is 0.288 e.